The van der Waals surface area contributed by atoms with E-state index in [9.17, 15) is 14.0 Å². The third kappa shape index (κ3) is 5.83. The van der Waals surface area contributed by atoms with E-state index < -0.39 is 11.7 Å². The van der Waals surface area contributed by atoms with Crippen LogP contribution in [0.25, 0.3) is 0 Å². The summed E-state index contributed by atoms with van der Waals surface area (Å²) in [4.78, 5) is 23.2. The van der Waals surface area contributed by atoms with E-state index in [1.54, 1.807) is 0 Å². The molecule has 0 atom stereocenters. The average molecular weight is 335 g/mol. The summed E-state index contributed by atoms with van der Waals surface area (Å²) in [5, 5.41) is 5.86. The van der Waals surface area contributed by atoms with E-state index in [4.69, 9.17) is 5.73 Å². The van der Waals surface area contributed by atoms with Crippen LogP contribution in [0.2, 0.25) is 0 Å². The number of hydrogen-bond acceptors (Lipinski definition) is 3. The first kappa shape index (κ1) is 18.2. The fourth-order valence-corrected chi connectivity index (χ4v) is 3.17. The second-order valence-electron chi connectivity index (χ2n) is 6.37. The number of carbonyl (C=O) groups is 2. The number of anilines is 1. The van der Waals surface area contributed by atoms with Crippen molar-refractivity contribution in [3.05, 3.63) is 29.6 Å². The van der Waals surface area contributed by atoms with Crippen LogP contribution < -0.4 is 16.4 Å². The Kier molecular flexibility index (Phi) is 7.03. The van der Waals surface area contributed by atoms with Crippen LogP contribution in [0.15, 0.2) is 18.2 Å². The fourth-order valence-electron chi connectivity index (χ4n) is 3.17. The van der Waals surface area contributed by atoms with Gasteiger partial charge in [0.25, 0.3) is 5.91 Å². The topological polar surface area (TPSA) is 84.2 Å². The molecule has 0 aliphatic heterocycles. The van der Waals surface area contributed by atoms with Gasteiger partial charge in [0.15, 0.2) is 0 Å². The zero-order chi connectivity index (χ0) is 17.4. The number of carbonyl (C=O) groups excluding carboxylic acids is 2. The van der Waals surface area contributed by atoms with Crippen LogP contribution in [0.4, 0.5) is 10.1 Å². The van der Waals surface area contributed by atoms with Crippen LogP contribution in [0, 0.1) is 11.7 Å². The standard InChI is InChI=1S/C18H26FN3O2/c19-14-7-8-16(15(12-14)18(20)24)21-10-11-22-17(23)9-6-13-4-2-1-3-5-13/h7-8,12-13,21H,1-6,9-11H2,(H2,20,24)(H,22,23). The monoisotopic (exact) mass is 335 g/mol. The van der Waals surface area contributed by atoms with E-state index in [-0.39, 0.29) is 11.5 Å². The lowest BCUT2D eigenvalue weighted by atomic mass is 9.86. The van der Waals surface area contributed by atoms with Crippen LogP contribution >= 0.6 is 0 Å². The summed E-state index contributed by atoms with van der Waals surface area (Å²) < 4.78 is 13.1. The van der Waals surface area contributed by atoms with Crippen LogP contribution in [-0.4, -0.2) is 24.9 Å². The molecule has 132 valence electrons. The van der Waals surface area contributed by atoms with Gasteiger partial charge in [-0.3, -0.25) is 9.59 Å². The van der Waals surface area contributed by atoms with Gasteiger partial charge in [0, 0.05) is 25.2 Å². The molecule has 0 unspecified atom stereocenters. The molecule has 1 aliphatic rings. The summed E-state index contributed by atoms with van der Waals surface area (Å²) in [5.74, 6) is -0.449. The number of primary amides is 1. The summed E-state index contributed by atoms with van der Waals surface area (Å²) in [6.07, 6.45) is 7.92. The van der Waals surface area contributed by atoms with Crippen molar-refractivity contribution in [2.24, 2.45) is 11.7 Å². The predicted molar refractivity (Wildman–Crippen MR) is 92.2 cm³/mol. The smallest absolute Gasteiger partial charge is 0.250 e. The molecule has 2 amide bonds. The average Bonchev–Trinajstić information content (AvgIpc) is 2.58. The summed E-state index contributed by atoms with van der Waals surface area (Å²) in [6, 6.07) is 3.84. The molecular weight excluding hydrogens is 309 g/mol. The van der Waals surface area contributed by atoms with E-state index in [2.05, 4.69) is 10.6 Å². The molecule has 1 aromatic carbocycles. The van der Waals surface area contributed by atoms with Gasteiger partial charge < -0.3 is 16.4 Å². The quantitative estimate of drug-likeness (QED) is 0.639. The van der Waals surface area contributed by atoms with Crippen LogP contribution in [-0.2, 0) is 4.79 Å². The highest BCUT2D eigenvalue weighted by Gasteiger charge is 2.14. The van der Waals surface area contributed by atoms with Gasteiger partial charge in [-0.1, -0.05) is 32.1 Å². The van der Waals surface area contributed by atoms with Gasteiger partial charge in [0.1, 0.15) is 5.82 Å². The Morgan fingerprint density at radius 3 is 2.62 bits per heavy atom. The van der Waals surface area contributed by atoms with E-state index >= 15 is 0 Å². The van der Waals surface area contributed by atoms with E-state index in [0.717, 1.165) is 12.5 Å². The maximum Gasteiger partial charge on any atom is 0.250 e. The molecule has 0 bridgehead atoms. The number of nitrogens with two attached hydrogens (primary N) is 1. The highest BCUT2D eigenvalue weighted by molar-refractivity contribution is 5.98. The molecule has 5 nitrogen and oxygen atoms in total. The summed E-state index contributed by atoms with van der Waals surface area (Å²) in [6.45, 7) is 0.889. The molecule has 0 spiro atoms. The molecule has 1 saturated carbocycles. The second kappa shape index (κ2) is 9.25. The molecule has 1 aromatic rings. The number of halogens is 1. The molecule has 0 heterocycles. The highest BCUT2D eigenvalue weighted by Crippen LogP contribution is 2.27. The minimum absolute atomic E-state index is 0.0524. The van der Waals surface area contributed by atoms with Crippen LogP contribution in [0.3, 0.4) is 0 Å². The van der Waals surface area contributed by atoms with E-state index in [1.807, 2.05) is 0 Å². The third-order valence-corrected chi connectivity index (χ3v) is 4.51. The molecule has 2 rings (SSSR count). The first-order chi connectivity index (χ1) is 11.6. The normalized spacial score (nSPS) is 15.0. The predicted octanol–water partition coefficient (Wildman–Crippen LogP) is 2.81. The van der Waals surface area contributed by atoms with Gasteiger partial charge >= 0.3 is 0 Å². The van der Waals surface area contributed by atoms with Crippen molar-refractivity contribution in [1.82, 2.24) is 5.32 Å². The Morgan fingerprint density at radius 2 is 1.92 bits per heavy atom. The van der Waals surface area contributed by atoms with Gasteiger partial charge in [0.2, 0.25) is 5.91 Å². The largest absolute Gasteiger partial charge is 0.383 e. The lowest BCUT2D eigenvalue weighted by Gasteiger charge is -2.21. The molecule has 0 aromatic heterocycles. The van der Waals surface area contributed by atoms with Crippen molar-refractivity contribution in [3.63, 3.8) is 0 Å². The van der Waals surface area contributed by atoms with Crippen molar-refractivity contribution in [3.8, 4) is 0 Å². The van der Waals surface area contributed by atoms with Crippen molar-refractivity contribution in [2.75, 3.05) is 18.4 Å². The van der Waals surface area contributed by atoms with Gasteiger partial charge in [0.05, 0.1) is 5.56 Å². The fraction of sp³-hybridized carbons (Fsp3) is 0.556. The molecule has 6 heteroatoms. The van der Waals surface area contributed by atoms with Gasteiger partial charge in [-0.15, -0.1) is 0 Å². The number of nitrogens with one attached hydrogen (secondary N) is 2. The summed E-state index contributed by atoms with van der Waals surface area (Å²) in [5.41, 5.74) is 5.81. The lowest BCUT2D eigenvalue weighted by molar-refractivity contribution is -0.121. The molecular formula is C18H26FN3O2. The molecule has 0 saturated heterocycles. The number of amides is 2. The Bertz CT molecular complexity index is 571. The SMILES string of the molecule is NC(=O)c1cc(F)ccc1NCCNC(=O)CCC1CCCCC1. The van der Waals surface area contributed by atoms with Gasteiger partial charge in [-0.25, -0.2) is 4.39 Å². The van der Waals surface area contributed by atoms with Crippen molar-refractivity contribution >= 4 is 17.5 Å². The molecule has 0 radical (unpaired) electrons. The molecule has 24 heavy (non-hydrogen) atoms. The summed E-state index contributed by atoms with van der Waals surface area (Å²) >= 11 is 0. The Hall–Kier alpha value is -2.11. The maximum atomic E-state index is 13.1. The Balaban J connectivity index is 1.67. The lowest BCUT2D eigenvalue weighted by Crippen LogP contribution is -2.29. The number of rotatable bonds is 8. The zero-order valence-corrected chi connectivity index (χ0v) is 13.9. The van der Waals surface area contributed by atoms with Gasteiger partial charge in [-0.05, 0) is 30.5 Å². The van der Waals surface area contributed by atoms with E-state index in [0.29, 0.717) is 31.1 Å². The van der Waals surface area contributed by atoms with Gasteiger partial charge in [-0.2, -0.15) is 0 Å². The third-order valence-electron chi connectivity index (χ3n) is 4.51. The van der Waals surface area contributed by atoms with Crippen molar-refractivity contribution < 1.29 is 14.0 Å². The van der Waals surface area contributed by atoms with Crippen molar-refractivity contribution in [2.45, 2.75) is 44.9 Å². The Morgan fingerprint density at radius 1 is 1.17 bits per heavy atom. The summed E-state index contributed by atoms with van der Waals surface area (Å²) in [7, 11) is 0. The van der Waals surface area contributed by atoms with Crippen molar-refractivity contribution in [1.29, 1.82) is 0 Å². The first-order valence-corrected chi connectivity index (χ1v) is 8.66. The molecule has 1 aliphatic carbocycles. The first-order valence-electron chi connectivity index (χ1n) is 8.66. The molecule has 4 N–H and O–H groups in total. The number of benzene rings is 1. The van der Waals surface area contributed by atoms with E-state index in [1.165, 1.54) is 44.2 Å². The Labute approximate surface area is 142 Å². The van der Waals surface area contributed by atoms with Crippen LogP contribution in [0.5, 0.6) is 0 Å². The minimum Gasteiger partial charge on any atom is -0.383 e. The highest BCUT2D eigenvalue weighted by atomic mass is 19.1. The zero-order valence-electron chi connectivity index (χ0n) is 13.9. The minimum atomic E-state index is -0.687. The number of hydrogen-bond donors (Lipinski definition) is 3. The maximum absolute atomic E-state index is 13.1. The van der Waals surface area contributed by atoms with Crippen LogP contribution in [0.1, 0.15) is 55.3 Å². The molecule has 1 fully saturated rings. The second-order valence-corrected chi connectivity index (χ2v) is 6.37.